The Balaban J connectivity index is 1.96. The van der Waals surface area contributed by atoms with Crippen LogP contribution in [-0.2, 0) is 0 Å². The van der Waals surface area contributed by atoms with Crippen molar-refractivity contribution >= 4 is 29.1 Å². The van der Waals surface area contributed by atoms with Gasteiger partial charge in [0, 0.05) is 18.9 Å². The smallest absolute Gasteiger partial charge is 0.252 e. The largest absolute Gasteiger partial charge is 0.350 e. The summed E-state index contributed by atoms with van der Waals surface area (Å²) in [6, 6.07) is 11.1. The lowest BCUT2D eigenvalue weighted by Gasteiger charge is -2.11. The monoisotopic (exact) mass is 294 g/mol. The number of hydrogen-bond donors (Lipinski definition) is 1. The van der Waals surface area contributed by atoms with Crippen LogP contribution in [0.4, 0.5) is 0 Å². The van der Waals surface area contributed by atoms with E-state index >= 15 is 0 Å². The van der Waals surface area contributed by atoms with Crippen molar-refractivity contribution in [1.82, 2.24) is 10.3 Å². The molecule has 0 aliphatic carbocycles. The second-order valence-corrected chi connectivity index (χ2v) is 4.88. The van der Waals surface area contributed by atoms with Crippen LogP contribution in [0.25, 0.3) is 0 Å². The molecule has 1 atom stereocenters. The molecule has 1 N–H and O–H groups in total. The van der Waals surface area contributed by atoms with Gasteiger partial charge in [-0.05, 0) is 11.6 Å². The Morgan fingerprint density at radius 2 is 2.00 bits per heavy atom. The Bertz CT molecular complexity index is 560. The highest BCUT2D eigenvalue weighted by Crippen LogP contribution is 2.19. The predicted octanol–water partition coefficient (Wildman–Crippen LogP) is 3.44. The van der Waals surface area contributed by atoms with Crippen LogP contribution >= 0.6 is 23.2 Å². The Morgan fingerprint density at radius 1 is 1.26 bits per heavy atom. The molecule has 1 aromatic carbocycles. The van der Waals surface area contributed by atoms with E-state index in [1.165, 1.54) is 12.4 Å². The highest BCUT2D eigenvalue weighted by Gasteiger charge is 2.12. The maximum atomic E-state index is 11.9. The molecule has 2 aromatic rings. The highest BCUT2D eigenvalue weighted by molar-refractivity contribution is 6.33. The maximum absolute atomic E-state index is 11.9. The summed E-state index contributed by atoms with van der Waals surface area (Å²) >= 11 is 12.1. The fraction of sp³-hybridized carbons (Fsp3) is 0.143. The summed E-state index contributed by atoms with van der Waals surface area (Å²) < 4.78 is 0. The van der Waals surface area contributed by atoms with Crippen molar-refractivity contribution in [2.75, 3.05) is 6.54 Å². The van der Waals surface area contributed by atoms with E-state index in [4.69, 9.17) is 23.2 Å². The number of carbonyl (C=O) groups is 1. The molecule has 19 heavy (non-hydrogen) atoms. The van der Waals surface area contributed by atoms with E-state index in [2.05, 4.69) is 10.3 Å². The molecule has 1 unspecified atom stereocenters. The molecule has 0 aliphatic rings. The van der Waals surface area contributed by atoms with Crippen LogP contribution in [0, 0.1) is 0 Å². The second kappa shape index (κ2) is 6.55. The minimum Gasteiger partial charge on any atom is -0.350 e. The molecular weight excluding hydrogens is 283 g/mol. The van der Waals surface area contributed by atoms with Gasteiger partial charge in [-0.3, -0.25) is 9.78 Å². The summed E-state index contributed by atoms with van der Waals surface area (Å²) in [4.78, 5) is 15.8. The van der Waals surface area contributed by atoms with Gasteiger partial charge in [0.15, 0.2) is 0 Å². The summed E-state index contributed by atoms with van der Waals surface area (Å²) in [5, 5.41) is 2.81. The Kier molecular flexibility index (Phi) is 4.77. The number of rotatable bonds is 4. The number of pyridine rings is 1. The molecule has 1 heterocycles. The van der Waals surface area contributed by atoms with E-state index in [1.54, 1.807) is 6.07 Å². The van der Waals surface area contributed by atoms with Crippen LogP contribution in [0.5, 0.6) is 0 Å². The lowest BCUT2D eigenvalue weighted by atomic mass is 10.1. The van der Waals surface area contributed by atoms with Crippen molar-refractivity contribution in [3.63, 3.8) is 0 Å². The maximum Gasteiger partial charge on any atom is 0.252 e. The number of halogens is 2. The van der Waals surface area contributed by atoms with Gasteiger partial charge < -0.3 is 5.32 Å². The predicted molar refractivity (Wildman–Crippen MR) is 76.6 cm³/mol. The molecule has 0 saturated carbocycles. The summed E-state index contributed by atoms with van der Waals surface area (Å²) in [6.45, 7) is 0.336. The molecule has 2 rings (SSSR count). The minimum absolute atomic E-state index is 0.256. The molecule has 3 nitrogen and oxygen atoms in total. The molecule has 0 bridgehead atoms. The quantitative estimate of drug-likeness (QED) is 0.878. The third-order valence-electron chi connectivity index (χ3n) is 2.62. The van der Waals surface area contributed by atoms with E-state index in [0.29, 0.717) is 17.1 Å². The van der Waals surface area contributed by atoms with Crippen LogP contribution in [0.1, 0.15) is 21.3 Å². The van der Waals surface area contributed by atoms with Crippen LogP contribution in [-0.4, -0.2) is 17.4 Å². The first-order valence-corrected chi connectivity index (χ1v) is 6.56. The number of nitrogens with one attached hydrogen (secondary N) is 1. The molecule has 5 heteroatoms. The van der Waals surface area contributed by atoms with Gasteiger partial charge in [0.05, 0.1) is 16.0 Å². The van der Waals surface area contributed by atoms with E-state index in [0.717, 1.165) is 5.56 Å². The van der Waals surface area contributed by atoms with Crippen molar-refractivity contribution in [3.05, 3.63) is 64.9 Å². The fourth-order valence-electron chi connectivity index (χ4n) is 1.62. The van der Waals surface area contributed by atoms with Gasteiger partial charge in [0.2, 0.25) is 0 Å². The molecule has 0 aliphatic heterocycles. The summed E-state index contributed by atoms with van der Waals surface area (Å²) in [7, 11) is 0. The number of alkyl halides is 1. The molecule has 0 saturated heterocycles. The fourth-order valence-corrected chi connectivity index (χ4v) is 2.04. The van der Waals surface area contributed by atoms with Crippen molar-refractivity contribution in [3.8, 4) is 0 Å². The van der Waals surface area contributed by atoms with Crippen molar-refractivity contribution in [2.45, 2.75) is 5.38 Å². The minimum atomic E-state index is -0.272. The number of hydrogen-bond acceptors (Lipinski definition) is 2. The Morgan fingerprint density at radius 3 is 2.68 bits per heavy atom. The van der Waals surface area contributed by atoms with Gasteiger partial charge in [-0.15, -0.1) is 11.6 Å². The topological polar surface area (TPSA) is 42.0 Å². The zero-order valence-electron chi connectivity index (χ0n) is 10.0. The van der Waals surface area contributed by atoms with E-state index in [9.17, 15) is 4.79 Å². The first-order valence-electron chi connectivity index (χ1n) is 5.75. The molecule has 0 fully saturated rings. The summed E-state index contributed by atoms with van der Waals surface area (Å²) in [5.74, 6) is -0.256. The first kappa shape index (κ1) is 13.8. The van der Waals surface area contributed by atoms with Gasteiger partial charge in [-0.2, -0.15) is 0 Å². The van der Waals surface area contributed by atoms with Crippen molar-refractivity contribution in [2.24, 2.45) is 0 Å². The highest BCUT2D eigenvalue weighted by atomic mass is 35.5. The lowest BCUT2D eigenvalue weighted by molar-refractivity contribution is 0.0953. The summed E-state index contributed by atoms with van der Waals surface area (Å²) in [6.07, 6.45) is 2.96. The third-order valence-corrected chi connectivity index (χ3v) is 3.33. The van der Waals surface area contributed by atoms with Gasteiger partial charge >= 0.3 is 0 Å². The van der Waals surface area contributed by atoms with Crippen LogP contribution in [0.15, 0.2) is 48.8 Å². The Labute approximate surface area is 121 Å². The number of carbonyl (C=O) groups excluding carboxylic acids is 1. The number of amides is 1. The zero-order valence-corrected chi connectivity index (χ0v) is 11.5. The lowest BCUT2D eigenvalue weighted by Crippen LogP contribution is -2.27. The second-order valence-electron chi connectivity index (χ2n) is 3.94. The van der Waals surface area contributed by atoms with E-state index in [-0.39, 0.29) is 11.3 Å². The summed E-state index contributed by atoms with van der Waals surface area (Å²) in [5.41, 5.74) is 1.36. The van der Waals surface area contributed by atoms with Crippen molar-refractivity contribution in [1.29, 1.82) is 0 Å². The number of aromatic nitrogens is 1. The number of benzene rings is 1. The molecule has 0 radical (unpaired) electrons. The SMILES string of the molecule is O=C(NCC(Cl)c1ccccc1)c1ccncc1Cl. The van der Waals surface area contributed by atoms with E-state index < -0.39 is 0 Å². The van der Waals surface area contributed by atoms with Crippen LogP contribution in [0.3, 0.4) is 0 Å². The van der Waals surface area contributed by atoms with E-state index in [1.807, 2.05) is 30.3 Å². The normalized spacial score (nSPS) is 11.9. The molecular formula is C14H12Cl2N2O. The van der Waals surface area contributed by atoms with Gasteiger partial charge in [0.1, 0.15) is 0 Å². The molecule has 1 amide bonds. The van der Waals surface area contributed by atoms with Crippen LogP contribution in [0.2, 0.25) is 5.02 Å². The average molecular weight is 295 g/mol. The number of nitrogens with zero attached hydrogens (tertiary/aromatic N) is 1. The average Bonchev–Trinajstić information content (AvgIpc) is 2.46. The van der Waals surface area contributed by atoms with Gasteiger partial charge in [0.25, 0.3) is 5.91 Å². The molecule has 98 valence electrons. The molecule has 0 spiro atoms. The first-order chi connectivity index (χ1) is 9.18. The van der Waals surface area contributed by atoms with Crippen molar-refractivity contribution < 1.29 is 4.79 Å². The van der Waals surface area contributed by atoms with Gasteiger partial charge in [-0.1, -0.05) is 41.9 Å². The standard InChI is InChI=1S/C14H12Cl2N2O/c15-12(10-4-2-1-3-5-10)9-18-14(19)11-6-7-17-8-13(11)16/h1-8,12H,9H2,(H,18,19). The van der Waals surface area contributed by atoms with Crippen LogP contribution < -0.4 is 5.32 Å². The Hall–Kier alpha value is -1.58. The van der Waals surface area contributed by atoms with Gasteiger partial charge in [-0.25, -0.2) is 0 Å². The third kappa shape index (κ3) is 3.69. The molecule has 1 aromatic heterocycles. The zero-order chi connectivity index (χ0) is 13.7.